The number of likely N-dealkylation sites (tertiary alicyclic amines) is 1. The highest BCUT2D eigenvalue weighted by atomic mass is 15.1. The van der Waals surface area contributed by atoms with Crippen LogP contribution in [-0.4, -0.2) is 34.5 Å². The van der Waals surface area contributed by atoms with Crippen LogP contribution in [0.1, 0.15) is 43.3 Å². The lowest BCUT2D eigenvalue weighted by molar-refractivity contribution is 0.185. The molecule has 3 heteroatoms. The Morgan fingerprint density at radius 3 is 2.79 bits per heavy atom. The molecule has 1 saturated heterocycles. The molecule has 3 rings (SSSR count). The van der Waals surface area contributed by atoms with Crippen LogP contribution in [0.5, 0.6) is 0 Å². The van der Waals surface area contributed by atoms with Crippen LogP contribution in [0.3, 0.4) is 0 Å². The van der Waals surface area contributed by atoms with Gasteiger partial charge in [0.1, 0.15) is 5.82 Å². The average molecular weight is 323 g/mol. The number of hydrogen-bond acceptors (Lipinski definition) is 3. The molecule has 1 atom stereocenters. The van der Waals surface area contributed by atoms with Gasteiger partial charge in [0.2, 0.25) is 0 Å². The molecule has 0 aliphatic carbocycles. The van der Waals surface area contributed by atoms with Crippen molar-refractivity contribution in [3.05, 3.63) is 59.7 Å². The van der Waals surface area contributed by atoms with Gasteiger partial charge in [-0.3, -0.25) is 0 Å². The first kappa shape index (κ1) is 17.1. The second-order valence-electron chi connectivity index (χ2n) is 7.10. The van der Waals surface area contributed by atoms with Gasteiger partial charge < -0.3 is 4.90 Å². The van der Waals surface area contributed by atoms with Gasteiger partial charge >= 0.3 is 0 Å². The number of hydrogen-bond donors (Lipinski definition) is 0. The molecule has 1 aromatic carbocycles. The molecule has 24 heavy (non-hydrogen) atoms. The molecule has 2 aromatic rings. The Morgan fingerprint density at radius 1 is 1.08 bits per heavy atom. The topological polar surface area (TPSA) is 29.0 Å². The highest BCUT2D eigenvalue weighted by Crippen LogP contribution is 2.15. The number of aromatic nitrogens is 2. The number of nitrogens with zero attached hydrogens (tertiary/aromatic N) is 3. The van der Waals surface area contributed by atoms with E-state index in [2.05, 4.69) is 53.2 Å². The lowest BCUT2D eigenvalue weighted by atomic mass is 10.0. The molecule has 128 valence electrons. The Morgan fingerprint density at radius 2 is 1.96 bits per heavy atom. The first-order valence-corrected chi connectivity index (χ1v) is 9.36. The maximum atomic E-state index is 4.77. The highest BCUT2D eigenvalue weighted by Gasteiger charge is 2.16. The monoisotopic (exact) mass is 323 g/mol. The van der Waals surface area contributed by atoms with Crippen molar-refractivity contribution in [2.75, 3.05) is 19.6 Å². The molecule has 0 saturated carbocycles. The van der Waals surface area contributed by atoms with E-state index in [-0.39, 0.29) is 0 Å². The maximum Gasteiger partial charge on any atom is 0.129 e. The molecule has 2 heterocycles. The van der Waals surface area contributed by atoms with Gasteiger partial charge in [-0.1, -0.05) is 37.3 Å². The van der Waals surface area contributed by atoms with Crippen molar-refractivity contribution >= 4 is 0 Å². The molecule has 0 N–H and O–H groups in total. The van der Waals surface area contributed by atoms with Crippen LogP contribution in [0.25, 0.3) is 0 Å². The van der Waals surface area contributed by atoms with Crippen molar-refractivity contribution in [2.24, 2.45) is 5.92 Å². The first-order chi connectivity index (χ1) is 11.8. The minimum atomic E-state index is 0.837. The zero-order valence-corrected chi connectivity index (χ0v) is 14.8. The molecule has 1 fully saturated rings. The van der Waals surface area contributed by atoms with Gasteiger partial charge in [-0.05, 0) is 56.2 Å². The second-order valence-corrected chi connectivity index (χ2v) is 7.10. The molecular formula is C21H29N3. The van der Waals surface area contributed by atoms with Crippen molar-refractivity contribution < 1.29 is 0 Å². The van der Waals surface area contributed by atoms with Crippen LogP contribution < -0.4 is 0 Å². The zero-order valence-electron chi connectivity index (χ0n) is 14.8. The Kier molecular flexibility index (Phi) is 6.36. The molecule has 0 spiro atoms. The second kappa shape index (κ2) is 8.93. The Bertz CT molecular complexity index is 611. The van der Waals surface area contributed by atoms with Crippen LogP contribution in [0.4, 0.5) is 0 Å². The van der Waals surface area contributed by atoms with E-state index in [0.29, 0.717) is 0 Å². The van der Waals surface area contributed by atoms with Gasteiger partial charge in [0.05, 0.1) is 0 Å². The lowest BCUT2D eigenvalue weighted by Gasteiger charge is -2.30. The van der Waals surface area contributed by atoms with Crippen LogP contribution in [-0.2, 0) is 19.3 Å². The Balaban J connectivity index is 1.45. The van der Waals surface area contributed by atoms with Crippen molar-refractivity contribution in [1.82, 2.24) is 14.9 Å². The molecule has 1 aliphatic rings. The number of rotatable bonds is 7. The van der Waals surface area contributed by atoms with E-state index in [1.54, 1.807) is 0 Å². The predicted molar refractivity (Wildman–Crippen MR) is 99.0 cm³/mol. The van der Waals surface area contributed by atoms with Crippen LogP contribution in [0.2, 0.25) is 0 Å². The highest BCUT2D eigenvalue weighted by molar-refractivity contribution is 5.15. The van der Waals surface area contributed by atoms with Crippen molar-refractivity contribution in [3.8, 4) is 0 Å². The molecular weight excluding hydrogens is 294 g/mol. The van der Waals surface area contributed by atoms with Crippen molar-refractivity contribution in [3.63, 3.8) is 0 Å². The smallest absolute Gasteiger partial charge is 0.129 e. The Labute approximate surface area is 146 Å². The molecule has 0 radical (unpaired) electrons. The fraction of sp³-hybridized carbons (Fsp3) is 0.524. The molecule has 1 unspecified atom stereocenters. The van der Waals surface area contributed by atoms with Gasteiger partial charge in [-0.2, -0.15) is 0 Å². The van der Waals surface area contributed by atoms with Crippen LogP contribution in [0, 0.1) is 5.92 Å². The average Bonchev–Trinajstić information content (AvgIpc) is 2.61. The van der Waals surface area contributed by atoms with Gasteiger partial charge in [-0.15, -0.1) is 0 Å². The van der Waals surface area contributed by atoms with Crippen molar-refractivity contribution in [2.45, 2.75) is 45.4 Å². The fourth-order valence-electron chi connectivity index (χ4n) is 3.57. The SMILES string of the molecule is CC1CCCN(CCc2nccc(CCCc3ccccc3)n2)C1. The standard InChI is InChI=1S/C21H29N3/c1-18-7-6-15-24(17-18)16-13-21-22-14-12-20(23-21)11-5-10-19-8-3-2-4-9-19/h2-4,8-9,12,14,18H,5-7,10-11,13,15-17H2,1H3. The van der Waals surface area contributed by atoms with E-state index in [4.69, 9.17) is 4.98 Å². The molecule has 0 bridgehead atoms. The summed E-state index contributed by atoms with van der Waals surface area (Å²) in [5.74, 6) is 1.84. The number of benzene rings is 1. The third-order valence-electron chi connectivity index (χ3n) is 4.90. The van der Waals surface area contributed by atoms with Crippen molar-refractivity contribution in [1.29, 1.82) is 0 Å². The molecule has 0 amide bonds. The summed E-state index contributed by atoms with van der Waals surface area (Å²) in [5.41, 5.74) is 2.59. The summed E-state index contributed by atoms with van der Waals surface area (Å²) in [5, 5.41) is 0. The first-order valence-electron chi connectivity index (χ1n) is 9.36. The maximum absolute atomic E-state index is 4.77. The fourth-order valence-corrected chi connectivity index (χ4v) is 3.57. The van der Waals surface area contributed by atoms with E-state index >= 15 is 0 Å². The minimum Gasteiger partial charge on any atom is -0.303 e. The van der Waals surface area contributed by atoms with E-state index < -0.39 is 0 Å². The number of piperidine rings is 1. The van der Waals surface area contributed by atoms with E-state index in [1.807, 2.05) is 6.20 Å². The quantitative estimate of drug-likeness (QED) is 0.773. The largest absolute Gasteiger partial charge is 0.303 e. The molecule has 1 aromatic heterocycles. The summed E-state index contributed by atoms with van der Waals surface area (Å²) in [6.45, 7) is 5.92. The van der Waals surface area contributed by atoms with Gasteiger partial charge in [0, 0.05) is 31.4 Å². The minimum absolute atomic E-state index is 0.837. The normalized spacial score (nSPS) is 18.6. The van der Waals surface area contributed by atoms with E-state index in [0.717, 1.165) is 44.0 Å². The summed E-state index contributed by atoms with van der Waals surface area (Å²) >= 11 is 0. The summed E-state index contributed by atoms with van der Waals surface area (Å²) in [6, 6.07) is 12.8. The van der Waals surface area contributed by atoms with Gasteiger partial charge in [-0.25, -0.2) is 9.97 Å². The summed E-state index contributed by atoms with van der Waals surface area (Å²) in [7, 11) is 0. The summed E-state index contributed by atoms with van der Waals surface area (Å²) in [4.78, 5) is 11.8. The Hall–Kier alpha value is -1.74. The number of aryl methyl sites for hydroxylation is 2. The predicted octanol–water partition coefficient (Wildman–Crippen LogP) is 3.93. The van der Waals surface area contributed by atoms with Crippen LogP contribution in [0.15, 0.2) is 42.6 Å². The third kappa shape index (κ3) is 5.41. The molecule has 3 nitrogen and oxygen atoms in total. The summed E-state index contributed by atoms with van der Waals surface area (Å²) in [6.07, 6.45) is 8.91. The third-order valence-corrected chi connectivity index (χ3v) is 4.90. The summed E-state index contributed by atoms with van der Waals surface area (Å²) < 4.78 is 0. The van der Waals surface area contributed by atoms with Crippen LogP contribution >= 0.6 is 0 Å². The van der Waals surface area contributed by atoms with Gasteiger partial charge in [0.25, 0.3) is 0 Å². The van der Waals surface area contributed by atoms with E-state index in [1.165, 1.54) is 37.2 Å². The lowest BCUT2D eigenvalue weighted by Crippen LogP contribution is -2.35. The zero-order chi connectivity index (χ0) is 16.6. The van der Waals surface area contributed by atoms with Gasteiger partial charge in [0.15, 0.2) is 0 Å². The van der Waals surface area contributed by atoms with E-state index in [9.17, 15) is 0 Å². The molecule has 1 aliphatic heterocycles.